The average molecular weight is 762 g/mol. The number of carbonyl (C=O) groups excluding carboxylic acids is 6. The SMILES string of the molecule is CC(C)C[C@H](NC(=O)[C@H](Cc1ccc(O)cc1)NC(=O)[C@@H]1CCC(=O)NCC[C@H](N)C(=O)N[C@@H](CCCCN)C(=O)N[C@@H](CCCCN)C(=O)N1)C(=O)O. The van der Waals surface area contributed by atoms with E-state index in [1.807, 2.05) is 0 Å². The number of benzene rings is 1. The summed E-state index contributed by atoms with van der Waals surface area (Å²) < 4.78 is 0. The van der Waals surface area contributed by atoms with Crippen molar-refractivity contribution in [3.05, 3.63) is 29.8 Å². The molecule has 6 amide bonds. The highest BCUT2D eigenvalue weighted by atomic mass is 16.4. The molecule has 18 heteroatoms. The zero-order valence-corrected chi connectivity index (χ0v) is 31.2. The first-order valence-corrected chi connectivity index (χ1v) is 18.6. The summed E-state index contributed by atoms with van der Waals surface area (Å²) in [5.74, 6) is -5.49. The lowest BCUT2D eigenvalue weighted by Crippen LogP contribution is -2.59. The number of amides is 6. The van der Waals surface area contributed by atoms with Gasteiger partial charge in [-0.2, -0.15) is 0 Å². The molecule has 2 rings (SSSR count). The zero-order chi connectivity index (χ0) is 40.2. The summed E-state index contributed by atoms with van der Waals surface area (Å²) in [5, 5.41) is 35.3. The summed E-state index contributed by atoms with van der Waals surface area (Å²) in [6.45, 7) is 4.30. The second-order valence-electron chi connectivity index (χ2n) is 14.0. The third-order valence-corrected chi connectivity index (χ3v) is 8.90. The molecule has 0 unspecified atom stereocenters. The van der Waals surface area contributed by atoms with E-state index < -0.39 is 77.7 Å². The Morgan fingerprint density at radius 2 is 1.39 bits per heavy atom. The lowest BCUT2D eigenvalue weighted by Gasteiger charge is -2.28. The largest absolute Gasteiger partial charge is 0.508 e. The number of carboxylic acid groups (broad SMARTS) is 1. The minimum absolute atomic E-state index is 0.0138. The summed E-state index contributed by atoms with van der Waals surface area (Å²) >= 11 is 0. The van der Waals surface area contributed by atoms with E-state index in [2.05, 4.69) is 31.9 Å². The highest BCUT2D eigenvalue weighted by Crippen LogP contribution is 2.14. The highest BCUT2D eigenvalue weighted by Gasteiger charge is 2.33. The van der Waals surface area contributed by atoms with Gasteiger partial charge >= 0.3 is 5.97 Å². The van der Waals surface area contributed by atoms with Crippen LogP contribution in [0.3, 0.4) is 0 Å². The van der Waals surface area contributed by atoms with Gasteiger partial charge in [0.25, 0.3) is 0 Å². The van der Waals surface area contributed by atoms with Gasteiger partial charge < -0.3 is 59.3 Å². The van der Waals surface area contributed by atoms with Crippen molar-refractivity contribution in [2.45, 2.75) is 121 Å². The summed E-state index contributed by atoms with van der Waals surface area (Å²) in [5.41, 5.74) is 17.9. The Labute approximate surface area is 315 Å². The molecular formula is C36H59N9O9. The number of carboxylic acids is 1. The lowest BCUT2D eigenvalue weighted by atomic mass is 10.0. The molecule has 1 heterocycles. The molecule has 1 fully saturated rings. The quantitative estimate of drug-likeness (QED) is 0.0798. The van der Waals surface area contributed by atoms with Crippen molar-refractivity contribution >= 4 is 41.4 Å². The molecule has 1 aromatic rings. The maximum absolute atomic E-state index is 14.0. The predicted molar refractivity (Wildman–Crippen MR) is 199 cm³/mol. The van der Waals surface area contributed by atoms with E-state index >= 15 is 0 Å². The smallest absolute Gasteiger partial charge is 0.326 e. The van der Waals surface area contributed by atoms with Gasteiger partial charge in [-0.15, -0.1) is 0 Å². The Bertz CT molecular complexity index is 1410. The van der Waals surface area contributed by atoms with Crippen molar-refractivity contribution in [1.29, 1.82) is 0 Å². The maximum Gasteiger partial charge on any atom is 0.326 e. The van der Waals surface area contributed by atoms with E-state index in [4.69, 9.17) is 17.2 Å². The fourth-order valence-corrected chi connectivity index (χ4v) is 5.79. The second kappa shape index (κ2) is 23.8. The van der Waals surface area contributed by atoms with Gasteiger partial charge in [-0.05, 0) is 94.5 Å². The molecule has 1 aromatic carbocycles. The molecule has 18 nitrogen and oxygen atoms in total. The Balaban J connectivity index is 2.46. The number of nitrogens with one attached hydrogen (secondary N) is 6. The highest BCUT2D eigenvalue weighted by molar-refractivity contribution is 5.96. The van der Waals surface area contributed by atoms with Gasteiger partial charge in [0.1, 0.15) is 36.0 Å². The van der Waals surface area contributed by atoms with Crippen molar-refractivity contribution in [3.63, 3.8) is 0 Å². The summed E-state index contributed by atoms with van der Waals surface area (Å²) in [6, 6.07) is -1.38. The standard InChI is InChI=1S/C36H59N9O9/c1-21(2)19-29(36(53)54)45-35(52)28(20-22-9-11-23(46)12-10-22)44-34(51)27-13-14-30(47)40-18-15-24(39)31(48)41-25(7-3-5-16-37)32(49)42-26(33(50)43-27)8-4-6-17-38/h9-12,21,24-29,46H,3-8,13-20,37-39H2,1-2H3,(H,40,47)(H,41,48)(H,42,49)(H,43,50)(H,44,51)(H,45,52)(H,53,54)/t24-,25-,26-,27-,28-,29-/m0/s1. The number of nitrogens with two attached hydrogens (primary N) is 3. The fourth-order valence-electron chi connectivity index (χ4n) is 5.79. The predicted octanol–water partition coefficient (Wildman–Crippen LogP) is -1.63. The first kappa shape index (κ1) is 45.3. The van der Waals surface area contributed by atoms with E-state index in [-0.39, 0.29) is 63.2 Å². The number of hydrogen-bond donors (Lipinski definition) is 11. The van der Waals surface area contributed by atoms with Crippen LogP contribution in [0.5, 0.6) is 5.75 Å². The monoisotopic (exact) mass is 761 g/mol. The molecule has 0 aromatic heterocycles. The third kappa shape index (κ3) is 16.5. The number of aromatic hydroxyl groups is 1. The van der Waals surface area contributed by atoms with Gasteiger partial charge in [-0.1, -0.05) is 26.0 Å². The fraction of sp³-hybridized carbons (Fsp3) is 0.639. The molecule has 0 saturated carbocycles. The van der Waals surface area contributed by atoms with Gasteiger partial charge in [0.05, 0.1) is 6.04 Å². The number of aliphatic carboxylic acids is 1. The van der Waals surface area contributed by atoms with E-state index in [1.165, 1.54) is 24.3 Å². The number of carbonyl (C=O) groups is 7. The van der Waals surface area contributed by atoms with Crippen molar-refractivity contribution in [2.75, 3.05) is 19.6 Å². The Morgan fingerprint density at radius 1 is 0.815 bits per heavy atom. The van der Waals surface area contributed by atoms with Crippen LogP contribution in [0.1, 0.15) is 83.6 Å². The number of phenolic OH excluding ortho intramolecular Hbond substituents is 1. The van der Waals surface area contributed by atoms with Gasteiger partial charge in [-0.3, -0.25) is 28.8 Å². The van der Waals surface area contributed by atoms with Crippen LogP contribution in [0.25, 0.3) is 0 Å². The molecule has 0 bridgehead atoms. The Hall–Kier alpha value is -4.81. The molecule has 6 atom stereocenters. The lowest BCUT2D eigenvalue weighted by molar-refractivity contribution is -0.142. The van der Waals surface area contributed by atoms with Crippen LogP contribution < -0.4 is 49.1 Å². The Morgan fingerprint density at radius 3 is 1.94 bits per heavy atom. The molecule has 1 aliphatic heterocycles. The van der Waals surface area contributed by atoms with Gasteiger partial charge in [-0.25, -0.2) is 4.79 Å². The normalized spacial score (nSPS) is 21.5. The topological polar surface area (TPSA) is 310 Å². The number of unbranched alkanes of at least 4 members (excludes halogenated alkanes) is 2. The van der Waals surface area contributed by atoms with Gasteiger partial charge in [0, 0.05) is 19.4 Å². The first-order chi connectivity index (χ1) is 25.6. The minimum atomic E-state index is -1.38. The van der Waals surface area contributed by atoms with Crippen LogP contribution in [-0.2, 0) is 40.0 Å². The van der Waals surface area contributed by atoms with Crippen molar-refractivity contribution < 1.29 is 43.8 Å². The summed E-state index contributed by atoms with van der Waals surface area (Å²) in [6.07, 6.45) is 1.96. The van der Waals surface area contributed by atoms with Crippen LogP contribution in [-0.4, -0.2) is 108 Å². The first-order valence-electron chi connectivity index (χ1n) is 18.6. The van der Waals surface area contributed by atoms with Gasteiger partial charge in [0.15, 0.2) is 0 Å². The van der Waals surface area contributed by atoms with E-state index in [9.17, 15) is 43.8 Å². The molecule has 0 spiro atoms. The van der Waals surface area contributed by atoms with Crippen LogP contribution in [0, 0.1) is 5.92 Å². The van der Waals surface area contributed by atoms with Crippen molar-refractivity contribution in [1.82, 2.24) is 31.9 Å². The van der Waals surface area contributed by atoms with Crippen molar-refractivity contribution in [2.24, 2.45) is 23.1 Å². The molecule has 0 aliphatic carbocycles. The molecule has 14 N–H and O–H groups in total. The van der Waals surface area contributed by atoms with Crippen LogP contribution in [0.15, 0.2) is 24.3 Å². The Kier molecular flexibility index (Phi) is 20.0. The van der Waals surface area contributed by atoms with Gasteiger partial charge in [0.2, 0.25) is 35.4 Å². The molecule has 54 heavy (non-hydrogen) atoms. The zero-order valence-electron chi connectivity index (χ0n) is 31.2. The number of phenols is 1. The molecule has 302 valence electrons. The molecule has 1 aliphatic rings. The van der Waals surface area contributed by atoms with Crippen LogP contribution in [0.2, 0.25) is 0 Å². The maximum atomic E-state index is 14.0. The number of rotatable bonds is 17. The third-order valence-electron chi connectivity index (χ3n) is 8.90. The van der Waals surface area contributed by atoms with Crippen LogP contribution in [0.4, 0.5) is 0 Å². The average Bonchev–Trinajstić information content (AvgIpc) is 3.11. The van der Waals surface area contributed by atoms with Crippen LogP contribution >= 0.6 is 0 Å². The second-order valence-corrected chi connectivity index (χ2v) is 14.0. The van der Waals surface area contributed by atoms with Crippen molar-refractivity contribution in [3.8, 4) is 5.75 Å². The van der Waals surface area contributed by atoms with E-state index in [0.29, 0.717) is 44.3 Å². The molecular weight excluding hydrogens is 702 g/mol. The molecule has 0 radical (unpaired) electrons. The summed E-state index contributed by atoms with van der Waals surface area (Å²) in [4.78, 5) is 92.8. The number of hydrogen-bond acceptors (Lipinski definition) is 11. The molecule has 1 saturated heterocycles. The minimum Gasteiger partial charge on any atom is -0.508 e. The van der Waals surface area contributed by atoms with E-state index in [1.54, 1.807) is 13.8 Å². The van der Waals surface area contributed by atoms with E-state index in [0.717, 1.165) is 0 Å². The summed E-state index contributed by atoms with van der Waals surface area (Å²) in [7, 11) is 0.